The standard InChI is InChI=1S/C62H62N2/c1-59(2,3)42-26-32-55-50(37-42)51-38-43(60(4,5)6)27-33-56(51)64(55)54-31-25-41-22-28-48-53(30-24-40-23-29-49(54)58(41)57(40)48)63(52-21-17-16-20-47(52)39-18-14-13-15-19-39)46-35-44(61(7,8)9)34-45(36-46)62(10,11)12/h13-38H,1-12H3. The number of fused-ring (bicyclic) bond motifs is 3. The van der Waals surface area contributed by atoms with Crippen LogP contribution in [-0.2, 0) is 21.7 Å². The number of hydrogen-bond donors (Lipinski definition) is 0. The summed E-state index contributed by atoms with van der Waals surface area (Å²) in [6, 6.07) is 60.3. The number of anilines is 3. The quantitative estimate of drug-likeness (QED) is 0.157. The molecule has 1 aromatic heterocycles. The summed E-state index contributed by atoms with van der Waals surface area (Å²) in [5.74, 6) is 0. The van der Waals surface area contributed by atoms with E-state index in [4.69, 9.17) is 0 Å². The van der Waals surface area contributed by atoms with Crippen LogP contribution in [0.25, 0.3) is 70.9 Å². The largest absolute Gasteiger partial charge is 0.309 e. The molecule has 0 amide bonds. The van der Waals surface area contributed by atoms with Gasteiger partial charge in [0.1, 0.15) is 0 Å². The van der Waals surface area contributed by atoms with E-state index in [1.165, 1.54) is 105 Å². The van der Waals surface area contributed by atoms with E-state index in [1.54, 1.807) is 0 Å². The Balaban J connectivity index is 1.28. The predicted molar refractivity (Wildman–Crippen MR) is 279 cm³/mol. The van der Waals surface area contributed by atoms with Crippen molar-refractivity contribution >= 4 is 71.2 Å². The highest BCUT2D eigenvalue weighted by Crippen LogP contribution is 2.49. The van der Waals surface area contributed by atoms with E-state index in [-0.39, 0.29) is 21.7 Å². The third kappa shape index (κ3) is 6.94. The molecule has 0 aliphatic heterocycles. The van der Waals surface area contributed by atoms with Gasteiger partial charge in [-0.25, -0.2) is 0 Å². The molecular weight excluding hydrogens is 773 g/mol. The van der Waals surface area contributed by atoms with E-state index in [1.807, 2.05) is 0 Å². The van der Waals surface area contributed by atoms with Gasteiger partial charge in [0.25, 0.3) is 0 Å². The Morgan fingerprint density at radius 2 is 0.844 bits per heavy atom. The molecule has 0 radical (unpaired) electrons. The monoisotopic (exact) mass is 834 g/mol. The fourth-order valence-electron chi connectivity index (χ4n) is 9.92. The van der Waals surface area contributed by atoms with Gasteiger partial charge in [0.2, 0.25) is 0 Å². The van der Waals surface area contributed by atoms with E-state index in [2.05, 4.69) is 250 Å². The van der Waals surface area contributed by atoms with Gasteiger partial charge in [-0.2, -0.15) is 0 Å². The van der Waals surface area contributed by atoms with Gasteiger partial charge in [-0.05, 0) is 126 Å². The Kier molecular flexibility index (Phi) is 9.48. The molecule has 320 valence electrons. The number of nitrogens with zero attached hydrogens (tertiary/aromatic N) is 2. The van der Waals surface area contributed by atoms with Crippen LogP contribution in [0.2, 0.25) is 0 Å². The zero-order valence-electron chi connectivity index (χ0n) is 39.9. The van der Waals surface area contributed by atoms with E-state index < -0.39 is 0 Å². The summed E-state index contributed by atoms with van der Waals surface area (Å²) in [6.45, 7) is 27.9. The van der Waals surface area contributed by atoms with Crippen LogP contribution in [0.15, 0.2) is 158 Å². The lowest BCUT2D eigenvalue weighted by Gasteiger charge is -2.33. The van der Waals surface area contributed by atoms with Crippen LogP contribution in [0.3, 0.4) is 0 Å². The summed E-state index contributed by atoms with van der Waals surface area (Å²) in [5, 5.41) is 10.2. The zero-order valence-corrected chi connectivity index (χ0v) is 39.9. The van der Waals surface area contributed by atoms with Crippen molar-refractivity contribution in [3.05, 3.63) is 180 Å². The van der Waals surface area contributed by atoms with Gasteiger partial charge in [-0.15, -0.1) is 0 Å². The first-order valence-corrected chi connectivity index (χ1v) is 23.2. The molecule has 9 aromatic carbocycles. The molecule has 64 heavy (non-hydrogen) atoms. The minimum atomic E-state index is -0.0465. The SMILES string of the molecule is CC(C)(C)c1cc(N(c2ccccc2-c2ccccc2)c2ccc3ccc4c(-n5c6ccc(C(C)(C)C)cc6c6cc(C(C)(C)C)ccc65)ccc5ccc2c3c54)cc(C(C)(C)C)c1. The number of rotatable bonds is 5. The molecule has 0 unspecified atom stereocenters. The molecule has 0 aliphatic rings. The third-order valence-electron chi connectivity index (χ3n) is 13.7. The van der Waals surface area contributed by atoms with Crippen molar-refractivity contribution < 1.29 is 0 Å². The number of aromatic nitrogens is 1. The maximum Gasteiger partial charge on any atom is 0.0541 e. The second kappa shape index (κ2) is 14.6. The van der Waals surface area contributed by atoms with Crippen LogP contribution < -0.4 is 4.90 Å². The molecule has 0 spiro atoms. The molecule has 2 nitrogen and oxygen atoms in total. The molecule has 0 N–H and O–H groups in total. The molecule has 1 heterocycles. The Morgan fingerprint density at radius 1 is 0.359 bits per heavy atom. The maximum absolute atomic E-state index is 2.55. The Hall–Kier alpha value is -6.38. The summed E-state index contributed by atoms with van der Waals surface area (Å²) in [5.41, 5.74) is 14.9. The van der Waals surface area contributed by atoms with Crippen molar-refractivity contribution in [2.45, 2.75) is 105 Å². The molecular formula is C62H62N2. The fraction of sp³-hybridized carbons (Fsp3) is 0.258. The summed E-state index contributed by atoms with van der Waals surface area (Å²) in [7, 11) is 0. The Bertz CT molecular complexity index is 3300. The lowest BCUT2D eigenvalue weighted by atomic mass is 9.80. The molecule has 0 fully saturated rings. The lowest BCUT2D eigenvalue weighted by molar-refractivity contribution is 0.569. The molecule has 10 aromatic rings. The van der Waals surface area contributed by atoms with Crippen molar-refractivity contribution in [2.24, 2.45) is 0 Å². The highest BCUT2D eigenvalue weighted by molar-refractivity contribution is 6.27. The Morgan fingerprint density at radius 3 is 1.41 bits per heavy atom. The topological polar surface area (TPSA) is 8.17 Å². The van der Waals surface area contributed by atoms with Crippen LogP contribution in [0, 0.1) is 0 Å². The average molecular weight is 835 g/mol. The molecule has 0 saturated heterocycles. The van der Waals surface area contributed by atoms with Gasteiger partial charge < -0.3 is 9.47 Å². The molecule has 0 bridgehead atoms. The van der Waals surface area contributed by atoms with Crippen molar-refractivity contribution in [1.82, 2.24) is 4.57 Å². The summed E-state index contributed by atoms with van der Waals surface area (Å²) in [6.07, 6.45) is 0. The second-order valence-electron chi connectivity index (χ2n) is 22.4. The first kappa shape index (κ1) is 41.6. The molecule has 2 heteroatoms. The van der Waals surface area contributed by atoms with Crippen LogP contribution >= 0.6 is 0 Å². The van der Waals surface area contributed by atoms with Crippen molar-refractivity contribution in [1.29, 1.82) is 0 Å². The van der Waals surface area contributed by atoms with Crippen LogP contribution in [-0.4, -0.2) is 4.57 Å². The number of para-hydroxylation sites is 1. The minimum Gasteiger partial charge on any atom is -0.309 e. The zero-order chi connectivity index (χ0) is 45.1. The average Bonchev–Trinajstić information content (AvgIpc) is 3.58. The summed E-state index contributed by atoms with van der Waals surface area (Å²) >= 11 is 0. The molecule has 0 atom stereocenters. The lowest BCUT2D eigenvalue weighted by Crippen LogP contribution is -2.19. The molecule has 0 aliphatic carbocycles. The maximum atomic E-state index is 2.55. The van der Waals surface area contributed by atoms with Gasteiger partial charge >= 0.3 is 0 Å². The van der Waals surface area contributed by atoms with Crippen LogP contribution in [0.4, 0.5) is 17.1 Å². The van der Waals surface area contributed by atoms with Crippen molar-refractivity contribution in [2.75, 3.05) is 4.90 Å². The predicted octanol–water partition coefficient (Wildman–Crippen LogP) is 18.0. The van der Waals surface area contributed by atoms with E-state index in [0.717, 1.165) is 5.69 Å². The smallest absolute Gasteiger partial charge is 0.0541 e. The van der Waals surface area contributed by atoms with Gasteiger partial charge in [-0.1, -0.05) is 186 Å². The normalized spacial score (nSPS) is 13.0. The van der Waals surface area contributed by atoms with Crippen molar-refractivity contribution in [3.8, 4) is 16.8 Å². The van der Waals surface area contributed by atoms with Gasteiger partial charge in [0.15, 0.2) is 0 Å². The summed E-state index contributed by atoms with van der Waals surface area (Å²) < 4.78 is 2.53. The first-order valence-electron chi connectivity index (χ1n) is 23.2. The van der Waals surface area contributed by atoms with Gasteiger partial charge in [-0.3, -0.25) is 0 Å². The highest BCUT2D eigenvalue weighted by atomic mass is 15.1. The summed E-state index contributed by atoms with van der Waals surface area (Å²) in [4.78, 5) is 2.55. The minimum absolute atomic E-state index is 0.0345. The third-order valence-corrected chi connectivity index (χ3v) is 13.7. The van der Waals surface area contributed by atoms with Gasteiger partial charge in [0.05, 0.1) is 28.1 Å². The molecule has 0 saturated carbocycles. The molecule has 10 rings (SSSR count). The number of benzene rings is 9. The van der Waals surface area contributed by atoms with E-state index >= 15 is 0 Å². The number of hydrogen-bond acceptors (Lipinski definition) is 1. The van der Waals surface area contributed by atoms with Crippen LogP contribution in [0.5, 0.6) is 0 Å². The van der Waals surface area contributed by atoms with E-state index in [0.29, 0.717) is 0 Å². The Labute approximate surface area is 380 Å². The van der Waals surface area contributed by atoms with Gasteiger partial charge in [0, 0.05) is 32.8 Å². The second-order valence-corrected chi connectivity index (χ2v) is 22.4. The first-order chi connectivity index (χ1) is 30.3. The van der Waals surface area contributed by atoms with Crippen molar-refractivity contribution in [3.63, 3.8) is 0 Å². The van der Waals surface area contributed by atoms with E-state index in [9.17, 15) is 0 Å². The van der Waals surface area contributed by atoms with Crippen LogP contribution in [0.1, 0.15) is 105 Å². The highest BCUT2D eigenvalue weighted by Gasteiger charge is 2.27. The fourth-order valence-corrected chi connectivity index (χ4v) is 9.92.